The molecule has 95 valence electrons. The third kappa shape index (κ3) is 2.41. The lowest BCUT2D eigenvalue weighted by Crippen LogP contribution is -1.96. The molecule has 0 aromatic heterocycles. The predicted molar refractivity (Wildman–Crippen MR) is 80.7 cm³/mol. The first-order chi connectivity index (χ1) is 9.38. The van der Waals surface area contributed by atoms with Crippen LogP contribution in [0.1, 0.15) is 19.8 Å². The van der Waals surface area contributed by atoms with Gasteiger partial charge in [-0.15, -0.1) is 0 Å². The summed E-state index contributed by atoms with van der Waals surface area (Å²) in [6.45, 7) is 2.95. The van der Waals surface area contributed by atoms with Crippen molar-refractivity contribution in [1.29, 1.82) is 0 Å². The average molecular weight is 249 g/mol. The van der Waals surface area contributed by atoms with Crippen LogP contribution >= 0.6 is 0 Å². The maximum atomic E-state index is 5.89. The molecule has 1 radical (unpaired) electrons. The standard InChI is InChI=1S/C18H17O/c1-2-3-11-19-18-10-6-9-16-12-14-7-4-5-8-15(14)13-17(16)18/h4-8,10,12-13H,2-3,11H2,1H3. The minimum atomic E-state index is 0.780. The van der Waals surface area contributed by atoms with Crippen LogP contribution in [0.25, 0.3) is 21.5 Å². The molecule has 3 aromatic rings. The van der Waals surface area contributed by atoms with E-state index in [1.54, 1.807) is 0 Å². The fraction of sp³-hybridized carbons (Fsp3) is 0.222. The molecule has 1 heteroatoms. The summed E-state index contributed by atoms with van der Waals surface area (Å²) in [7, 11) is 0. The minimum absolute atomic E-state index is 0.780. The van der Waals surface area contributed by atoms with Gasteiger partial charge < -0.3 is 4.74 Å². The molecule has 0 saturated heterocycles. The molecule has 0 aliphatic carbocycles. The normalized spacial score (nSPS) is 11.0. The van der Waals surface area contributed by atoms with E-state index in [0.717, 1.165) is 36.0 Å². The largest absolute Gasteiger partial charge is 0.493 e. The molecule has 0 aliphatic heterocycles. The molecule has 0 N–H and O–H groups in total. The summed E-state index contributed by atoms with van der Waals surface area (Å²) in [5.74, 6) is 0.966. The first-order valence-corrected chi connectivity index (χ1v) is 6.84. The van der Waals surface area contributed by atoms with E-state index >= 15 is 0 Å². The predicted octanol–water partition coefficient (Wildman–Crippen LogP) is 4.97. The highest BCUT2D eigenvalue weighted by atomic mass is 16.5. The van der Waals surface area contributed by atoms with Crippen molar-refractivity contribution in [2.24, 2.45) is 0 Å². The number of rotatable bonds is 4. The Kier molecular flexibility index (Phi) is 3.37. The zero-order valence-electron chi connectivity index (χ0n) is 11.1. The lowest BCUT2D eigenvalue weighted by Gasteiger charge is -2.09. The topological polar surface area (TPSA) is 9.23 Å². The van der Waals surface area contributed by atoms with Crippen molar-refractivity contribution in [1.82, 2.24) is 0 Å². The fourth-order valence-corrected chi connectivity index (χ4v) is 2.31. The second-order valence-electron chi connectivity index (χ2n) is 4.79. The van der Waals surface area contributed by atoms with Crippen LogP contribution in [-0.2, 0) is 0 Å². The lowest BCUT2D eigenvalue weighted by molar-refractivity contribution is 0.313. The molecule has 0 saturated carbocycles. The van der Waals surface area contributed by atoms with Gasteiger partial charge in [-0.05, 0) is 46.8 Å². The Balaban J connectivity index is 2.09. The van der Waals surface area contributed by atoms with Gasteiger partial charge in [-0.1, -0.05) is 43.7 Å². The van der Waals surface area contributed by atoms with Crippen molar-refractivity contribution in [3.05, 3.63) is 54.6 Å². The van der Waals surface area contributed by atoms with E-state index in [0.29, 0.717) is 0 Å². The summed E-state index contributed by atoms with van der Waals surface area (Å²) in [6, 6.07) is 20.0. The van der Waals surface area contributed by atoms with Crippen LogP contribution in [-0.4, -0.2) is 6.61 Å². The first kappa shape index (κ1) is 12.0. The molecule has 3 rings (SSSR count). The fourth-order valence-electron chi connectivity index (χ4n) is 2.31. The van der Waals surface area contributed by atoms with Gasteiger partial charge in [-0.25, -0.2) is 0 Å². The van der Waals surface area contributed by atoms with Crippen molar-refractivity contribution in [2.75, 3.05) is 6.61 Å². The molecule has 0 spiro atoms. The summed E-state index contributed by atoms with van der Waals surface area (Å²) in [4.78, 5) is 0. The van der Waals surface area contributed by atoms with Crippen molar-refractivity contribution in [3.63, 3.8) is 0 Å². The van der Waals surface area contributed by atoms with Gasteiger partial charge in [0.15, 0.2) is 0 Å². The Labute approximate surface area is 113 Å². The van der Waals surface area contributed by atoms with E-state index in [2.05, 4.69) is 49.4 Å². The maximum Gasteiger partial charge on any atom is 0.127 e. The number of fused-ring (bicyclic) bond motifs is 2. The third-order valence-corrected chi connectivity index (χ3v) is 3.38. The van der Waals surface area contributed by atoms with Gasteiger partial charge in [-0.2, -0.15) is 0 Å². The van der Waals surface area contributed by atoms with E-state index in [9.17, 15) is 0 Å². The van der Waals surface area contributed by atoms with Gasteiger partial charge in [0, 0.05) is 5.39 Å². The van der Waals surface area contributed by atoms with E-state index in [1.165, 1.54) is 10.8 Å². The first-order valence-electron chi connectivity index (χ1n) is 6.84. The van der Waals surface area contributed by atoms with Crippen LogP contribution in [0.3, 0.4) is 0 Å². The number of benzene rings is 3. The molecule has 0 amide bonds. The lowest BCUT2D eigenvalue weighted by atomic mass is 10.0. The molecule has 0 unspecified atom stereocenters. The quantitative estimate of drug-likeness (QED) is 0.468. The van der Waals surface area contributed by atoms with Crippen LogP contribution in [0.5, 0.6) is 5.75 Å². The summed E-state index contributed by atoms with van der Waals surface area (Å²) in [5.41, 5.74) is 0. The highest BCUT2D eigenvalue weighted by Gasteiger charge is 2.04. The summed E-state index contributed by atoms with van der Waals surface area (Å²) in [6.07, 6.45) is 2.24. The maximum absolute atomic E-state index is 5.89. The Hall–Kier alpha value is -2.02. The van der Waals surface area contributed by atoms with Crippen molar-refractivity contribution in [3.8, 4) is 5.75 Å². The number of ether oxygens (including phenoxy) is 1. The highest BCUT2D eigenvalue weighted by Crippen LogP contribution is 2.29. The summed E-state index contributed by atoms with van der Waals surface area (Å²) < 4.78 is 5.89. The molecular weight excluding hydrogens is 232 g/mol. The molecule has 0 bridgehead atoms. The van der Waals surface area contributed by atoms with Crippen LogP contribution in [0, 0.1) is 6.07 Å². The van der Waals surface area contributed by atoms with Crippen molar-refractivity contribution in [2.45, 2.75) is 19.8 Å². The minimum Gasteiger partial charge on any atom is -0.493 e. The van der Waals surface area contributed by atoms with Crippen LogP contribution in [0.4, 0.5) is 0 Å². The van der Waals surface area contributed by atoms with Crippen molar-refractivity contribution >= 4 is 21.5 Å². The second-order valence-corrected chi connectivity index (χ2v) is 4.79. The molecule has 0 fully saturated rings. The molecule has 0 atom stereocenters. The van der Waals surface area contributed by atoms with E-state index in [4.69, 9.17) is 4.74 Å². The molecular formula is C18H17O. The number of hydrogen-bond donors (Lipinski definition) is 0. The Morgan fingerprint density at radius 1 is 1.05 bits per heavy atom. The SMILES string of the molecule is CCCCOc1cc[c]c2cc3ccccc3cc12. The van der Waals surface area contributed by atoms with E-state index in [1.807, 2.05) is 12.1 Å². The van der Waals surface area contributed by atoms with Gasteiger partial charge in [0.05, 0.1) is 6.61 Å². The van der Waals surface area contributed by atoms with Crippen LogP contribution in [0.15, 0.2) is 48.5 Å². The van der Waals surface area contributed by atoms with Gasteiger partial charge in [-0.3, -0.25) is 0 Å². The Bertz CT molecular complexity index is 700. The van der Waals surface area contributed by atoms with Gasteiger partial charge in [0.25, 0.3) is 0 Å². The Morgan fingerprint density at radius 3 is 2.63 bits per heavy atom. The third-order valence-electron chi connectivity index (χ3n) is 3.38. The van der Waals surface area contributed by atoms with E-state index in [-0.39, 0.29) is 0 Å². The zero-order chi connectivity index (χ0) is 13.1. The highest BCUT2D eigenvalue weighted by molar-refractivity contribution is 6.00. The average Bonchev–Trinajstić information content (AvgIpc) is 2.46. The molecule has 0 aliphatic rings. The summed E-state index contributed by atoms with van der Waals surface area (Å²) >= 11 is 0. The van der Waals surface area contributed by atoms with Crippen molar-refractivity contribution < 1.29 is 4.74 Å². The zero-order valence-corrected chi connectivity index (χ0v) is 11.1. The second kappa shape index (κ2) is 5.31. The number of unbranched alkanes of at least 4 members (excludes halogenated alkanes) is 1. The Morgan fingerprint density at radius 2 is 1.84 bits per heavy atom. The van der Waals surface area contributed by atoms with E-state index < -0.39 is 0 Å². The monoisotopic (exact) mass is 249 g/mol. The smallest absolute Gasteiger partial charge is 0.127 e. The molecule has 0 heterocycles. The van der Waals surface area contributed by atoms with Gasteiger partial charge in [0.2, 0.25) is 0 Å². The van der Waals surface area contributed by atoms with Gasteiger partial charge >= 0.3 is 0 Å². The number of hydrogen-bond acceptors (Lipinski definition) is 1. The molecule has 3 aromatic carbocycles. The molecule has 19 heavy (non-hydrogen) atoms. The summed E-state index contributed by atoms with van der Waals surface area (Å²) in [5, 5.41) is 4.76. The van der Waals surface area contributed by atoms with Gasteiger partial charge in [0.1, 0.15) is 5.75 Å². The van der Waals surface area contributed by atoms with Crippen LogP contribution < -0.4 is 4.74 Å². The van der Waals surface area contributed by atoms with Crippen LogP contribution in [0.2, 0.25) is 0 Å². The molecule has 1 nitrogen and oxygen atoms in total.